The van der Waals surface area contributed by atoms with Crippen molar-refractivity contribution in [2.75, 3.05) is 0 Å². The van der Waals surface area contributed by atoms with Crippen LogP contribution in [0.15, 0.2) is 0 Å². The van der Waals surface area contributed by atoms with Crippen molar-refractivity contribution in [3.05, 3.63) is 10.1 Å². The minimum Gasteiger partial charge on any atom is -0.273 e. The first kappa shape index (κ1) is 14.9. The minimum atomic E-state index is -0.782. The number of hydrogen-bond acceptors (Lipinski definition) is 4. The van der Waals surface area contributed by atoms with Crippen molar-refractivity contribution in [3.63, 3.8) is 0 Å². The summed E-state index contributed by atoms with van der Waals surface area (Å²) in [5.74, 6) is 1.18. The molecule has 0 aromatic rings. The number of rotatable bonds is 4. The fourth-order valence-corrected chi connectivity index (χ4v) is 5.81. The Hall–Kier alpha value is -1.66. The molecule has 5 rings (SSSR count). The largest absolute Gasteiger partial charge is 0.273 e. The molecule has 0 aromatic heterocycles. The lowest BCUT2D eigenvalue weighted by Crippen LogP contribution is -2.50. The SMILES string of the molecule is O=C(CC12CC3CC(CC(C3)C1)C2)NNC(=O)[C@@H]1C[C@@H]1[N+](=O)[O-]. The third-order valence-electron chi connectivity index (χ3n) is 6.39. The Bertz CT molecular complexity index is 526. The highest BCUT2D eigenvalue weighted by atomic mass is 16.6. The van der Waals surface area contributed by atoms with Gasteiger partial charge in [0.05, 0.1) is 0 Å². The Labute approximate surface area is 134 Å². The molecule has 0 spiro atoms. The summed E-state index contributed by atoms with van der Waals surface area (Å²) in [6, 6.07) is -0.782. The lowest BCUT2D eigenvalue weighted by Gasteiger charge is -2.56. The molecule has 0 aromatic carbocycles. The monoisotopic (exact) mass is 321 g/mol. The van der Waals surface area contributed by atoms with Crippen LogP contribution in [0.2, 0.25) is 0 Å². The van der Waals surface area contributed by atoms with Gasteiger partial charge in [-0.15, -0.1) is 0 Å². The Morgan fingerprint density at radius 3 is 2.04 bits per heavy atom. The van der Waals surface area contributed by atoms with Crippen LogP contribution in [0, 0.1) is 39.2 Å². The zero-order valence-corrected chi connectivity index (χ0v) is 13.1. The molecule has 5 aliphatic carbocycles. The molecule has 2 N–H and O–H groups in total. The van der Waals surface area contributed by atoms with E-state index in [0.717, 1.165) is 37.0 Å². The van der Waals surface area contributed by atoms with Gasteiger partial charge in [-0.2, -0.15) is 0 Å². The summed E-state index contributed by atoms with van der Waals surface area (Å²) in [4.78, 5) is 34.1. The molecule has 0 aliphatic heterocycles. The molecule has 0 radical (unpaired) electrons. The van der Waals surface area contributed by atoms with Crippen LogP contribution in [0.3, 0.4) is 0 Å². The molecule has 5 saturated carbocycles. The standard InChI is InChI=1S/C16H23N3O4/c20-14(17-18-15(21)12-4-13(12)19(22)23)8-16-5-9-1-10(6-16)3-11(2-9)7-16/h9-13H,1-8H2,(H,17,20)(H,18,21)/t9?,10?,11?,12-,13+,16?/m1/s1. The predicted molar refractivity (Wildman–Crippen MR) is 80.4 cm³/mol. The number of amides is 2. The van der Waals surface area contributed by atoms with E-state index in [9.17, 15) is 19.7 Å². The molecule has 0 saturated heterocycles. The fraction of sp³-hybridized carbons (Fsp3) is 0.875. The first-order chi connectivity index (χ1) is 10.9. The molecular formula is C16H23N3O4. The first-order valence-corrected chi connectivity index (χ1v) is 8.66. The van der Waals surface area contributed by atoms with Crippen molar-refractivity contribution >= 4 is 11.8 Å². The van der Waals surface area contributed by atoms with Gasteiger partial charge in [0.15, 0.2) is 0 Å². The summed E-state index contributed by atoms with van der Waals surface area (Å²) < 4.78 is 0. The Balaban J connectivity index is 1.28. The quantitative estimate of drug-likeness (QED) is 0.603. The molecule has 126 valence electrons. The maximum Gasteiger partial charge on any atom is 0.248 e. The van der Waals surface area contributed by atoms with E-state index >= 15 is 0 Å². The zero-order chi connectivity index (χ0) is 16.2. The summed E-state index contributed by atoms with van der Waals surface area (Å²) in [7, 11) is 0. The average Bonchev–Trinajstić information content (AvgIpc) is 3.23. The second kappa shape index (κ2) is 5.18. The number of carbonyl (C=O) groups excluding carboxylic acids is 2. The number of nitrogens with one attached hydrogen (secondary N) is 2. The molecule has 5 aliphatic rings. The van der Waals surface area contributed by atoms with Crippen LogP contribution >= 0.6 is 0 Å². The van der Waals surface area contributed by atoms with Crippen LogP contribution in [0.1, 0.15) is 51.4 Å². The third-order valence-corrected chi connectivity index (χ3v) is 6.39. The van der Waals surface area contributed by atoms with Gasteiger partial charge in [-0.05, 0) is 61.7 Å². The normalized spacial score (nSPS) is 43.0. The smallest absolute Gasteiger partial charge is 0.248 e. The van der Waals surface area contributed by atoms with Crippen molar-refractivity contribution < 1.29 is 14.5 Å². The van der Waals surface area contributed by atoms with Crippen molar-refractivity contribution in [2.45, 2.75) is 57.4 Å². The molecule has 4 bridgehead atoms. The van der Waals surface area contributed by atoms with Crippen molar-refractivity contribution in [1.29, 1.82) is 0 Å². The predicted octanol–water partition coefficient (Wildman–Crippen LogP) is 1.41. The average molecular weight is 321 g/mol. The molecule has 23 heavy (non-hydrogen) atoms. The maximum absolute atomic E-state index is 12.2. The van der Waals surface area contributed by atoms with Gasteiger partial charge in [0.25, 0.3) is 0 Å². The number of hydrogen-bond donors (Lipinski definition) is 2. The molecular weight excluding hydrogens is 298 g/mol. The molecule has 5 fully saturated rings. The van der Waals surface area contributed by atoms with Crippen LogP contribution in [0.4, 0.5) is 0 Å². The second-order valence-electron chi connectivity index (χ2n) is 8.33. The summed E-state index contributed by atoms with van der Waals surface area (Å²) in [5.41, 5.74) is 4.98. The van der Waals surface area contributed by atoms with E-state index in [4.69, 9.17) is 0 Å². The lowest BCUT2D eigenvalue weighted by atomic mass is 9.49. The van der Waals surface area contributed by atoms with Gasteiger partial charge in [0, 0.05) is 17.8 Å². The number of nitrogens with zero attached hydrogens (tertiary/aromatic N) is 1. The number of hydrazine groups is 1. The van der Waals surface area contributed by atoms with E-state index in [-0.39, 0.29) is 17.7 Å². The van der Waals surface area contributed by atoms with Gasteiger partial charge in [-0.25, -0.2) is 0 Å². The minimum absolute atomic E-state index is 0.131. The van der Waals surface area contributed by atoms with Gasteiger partial charge in [0.2, 0.25) is 17.9 Å². The van der Waals surface area contributed by atoms with Gasteiger partial charge >= 0.3 is 0 Å². The van der Waals surface area contributed by atoms with Crippen LogP contribution in [-0.4, -0.2) is 22.8 Å². The fourth-order valence-electron chi connectivity index (χ4n) is 5.81. The van der Waals surface area contributed by atoms with Crippen molar-refractivity contribution in [1.82, 2.24) is 10.9 Å². The van der Waals surface area contributed by atoms with E-state index in [2.05, 4.69) is 10.9 Å². The van der Waals surface area contributed by atoms with Crippen molar-refractivity contribution in [3.8, 4) is 0 Å². The van der Waals surface area contributed by atoms with Crippen LogP contribution in [0.25, 0.3) is 0 Å². The van der Waals surface area contributed by atoms with Crippen LogP contribution < -0.4 is 10.9 Å². The van der Waals surface area contributed by atoms with Gasteiger partial charge in [-0.1, -0.05) is 0 Å². The van der Waals surface area contributed by atoms with E-state index in [1.807, 2.05) is 0 Å². The molecule has 0 heterocycles. The highest BCUT2D eigenvalue weighted by Crippen LogP contribution is 2.61. The Morgan fingerprint density at radius 2 is 1.57 bits per heavy atom. The summed E-state index contributed by atoms with van der Waals surface area (Å²) in [5, 5.41) is 10.6. The summed E-state index contributed by atoms with van der Waals surface area (Å²) in [6.07, 6.45) is 8.18. The third kappa shape index (κ3) is 2.81. The number of carbonyl (C=O) groups is 2. The highest BCUT2D eigenvalue weighted by molar-refractivity contribution is 5.85. The molecule has 0 unspecified atom stereocenters. The van der Waals surface area contributed by atoms with Crippen LogP contribution in [-0.2, 0) is 9.59 Å². The van der Waals surface area contributed by atoms with Crippen LogP contribution in [0.5, 0.6) is 0 Å². The highest BCUT2D eigenvalue weighted by Gasteiger charge is 2.54. The van der Waals surface area contributed by atoms with E-state index in [1.54, 1.807) is 0 Å². The van der Waals surface area contributed by atoms with Crippen molar-refractivity contribution in [2.24, 2.45) is 29.1 Å². The zero-order valence-electron chi connectivity index (χ0n) is 13.1. The first-order valence-electron chi connectivity index (χ1n) is 8.66. The Morgan fingerprint density at radius 1 is 1.00 bits per heavy atom. The van der Waals surface area contributed by atoms with E-state index < -0.39 is 22.8 Å². The molecule has 7 heteroatoms. The molecule has 2 amide bonds. The van der Waals surface area contributed by atoms with Gasteiger partial charge < -0.3 is 0 Å². The topological polar surface area (TPSA) is 101 Å². The Kier molecular flexibility index (Phi) is 3.35. The maximum atomic E-state index is 12.2. The summed E-state index contributed by atoms with van der Waals surface area (Å²) in [6.45, 7) is 0. The van der Waals surface area contributed by atoms with Gasteiger partial charge in [0.1, 0.15) is 5.92 Å². The molecule has 7 nitrogen and oxygen atoms in total. The van der Waals surface area contributed by atoms with E-state index in [1.165, 1.54) is 19.3 Å². The number of nitro groups is 1. The van der Waals surface area contributed by atoms with Gasteiger partial charge in [-0.3, -0.25) is 30.6 Å². The summed E-state index contributed by atoms with van der Waals surface area (Å²) >= 11 is 0. The molecule has 2 atom stereocenters. The second-order valence-corrected chi connectivity index (χ2v) is 8.33. The lowest BCUT2D eigenvalue weighted by molar-refractivity contribution is -0.497. The van der Waals surface area contributed by atoms with E-state index in [0.29, 0.717) is 6.42 Å².